The maximum absolute atomic E-state index is 13.6. The Morgan fingerprint density at radius 3 is 2.56 bits per heavy atom. The van der Waals surface area contributed by atoms with Crippen LogP contribution in [0.3, 0.4) is 0 Å². The molecule has 6 rings (SSSR count). The Hall–Kier alpha value is -2.14. The molecule has 0 unspecified atom stereocenters. The van der Waals surface area contributed by atoms with E-state index in [9.17, 15) is 9.59 Å². The van der Waals surface area contributed by atoms with E-state index in [-0.39, 0.29) is 47.1 Å². The Labute approximate surface area is 189 Å². The van der Waals surface area contributed by atoms with Crippen LogP contribution in [0.5, 0.6) is 0 Å². The monoisotopic (exact) mass is 436 g/mol. The maximum atomic E-state index is 13.6. The number of ether oxygens (including phenoxy) is 2. The fourth-order valence-corrected chi connectivity index (χ4v) is 8.81. The summed E-state index contributed by atoms with van der Waals surface area (Å²) in [5.41, 5.74) is 2.16. The third-order valence-corrected chi connectivity index (χ3v) is 9.92. The van der Waals surface area contributed by atoms with Crippen molar-refractivity contribution in [1.29, 1.82) is 0 Å². The van der Waals surface area contributed by atoms with Crippen LogP contribution in [0.25, 0.3) is 0 Å². The summed E-state index contributed by atoms with van der Waals surface area (Å²) in [7, 11) is 0. The lowest BCUT2D eigenvalue weighted by molar-refractivity contribution is -0.186. The number of carbonyl (C=O) groups excluding carboxylic acids is 2. The highest BCUT2D eigenvalue weighted by molar-refractivity contribution is 6.00. The number of esters is 1. The number of rotatable bonds is 3. The smallest absolute Gasteiger partial charge is 0.316 e. The van der Waals surface area contributed by atoms with Crippen molar-refractivity contribution in [3.05, 3.63) is 47.5 Å². The van der Waals surface area contributed by atoms with E-state index in [2.05, 4.69) is 33.8 Å². The largest absolute Gasteiger partial charge is 0.472 e. The van der Waals surface area contributed by atoms with Crippen LogP contribution >= 0.6 is 0 Å². The minimum absolute atomic E-state index is 0.00808. The summed E-state index contributed by atoms with van der Waals surface area (Å²) in [6.45, 7) is 10.7. The summed E-state index contributed by atoms with van der Waals surface area (Å²) in [5, 5.41) is 0. The molecular formula is C27H32O5. The van der Waals surface area contributed by atoms with E-state index in [4.69, 9.17) is 13.9 Å². The van der Waals surface area contributed by atoms with E-state index in [1.165, 1.54) is 16.7 Å². The van der Waals surface area contributed by atoms with E-state index in [1.54, 1.807) is 18.4 Å². The number of ketones is 1. The van der Waals surface area contributed by atoms with E-state index in [1.807, 2.05) is 13.2 Å². The lowest BCUT2D eigenvalue weighted by Gasteiger charge is -2.59. The minimum atomic E-state index is -0.773. The van der Waals surface area contributed by atoms with Crippen molar-refractivity contribution < 1.29 is 23.5 Å². The molecule has 0 amide bonds. The highest BCUT2D eigenvalue weighted by Crippen LogP contribution is 2.72. The molecule has 5 aliphatic rings. The van der Waals surface area contributed by atoms with Crippen molar-refractivity contribution in [3.8, 4) is 0 Å². The molecule has 1 saturated carbocycles. The highest BCUT2D eigenvalue weighted by atomic mass is 16.6. The van der Waals surface area contributed by atoms with Gasteiger partial charge >= 0.3 is 5.97 Å². The van der Waals surface area contributed by atoms with Gasteiger partial charge in [0.25, 0.3) is 0 Å². The molecule has 1 aromatic heterocycles. The number of hydrogen-bond acceptors (Lipinski definition) is 5. The topological polar surface area (TPSA) is 65.7 Å². The van der Waals surface area contributed by atoms with Crippen LogP contribution in [-0.2, 0) is 19.1 Å². The van der Waals surface area contributed by atoms with E-state index in [0.717, 1.165) is 19.3 Å². The van der Waals surface area contributed by atoms with Crippen molar-refractivity contribution >= 4 is 11.8 Å². The van der Waals surface area contributed by atoms with E-state index in [0.29, 0.717) is 0 Å². The Morgan fingerprint density at radius 1 is 1.12 bits per heavy atom. The van der Waals surface area contributed by atoms with Crippen molar-refractivity contribution in [2.24, 2.45) is 28.1 Å². The van der Waals surface area contributed by atoms with Crippen LogP contribution in [0.1, 0.15) is 65.4 Å². The molecule has 170 valence electrons. The zero-order valence-corrected chi connectivity index (χ0v) is 19.5. The van der Waals surface area contributed by atoms with Gasteiger partial charge in [-0.1, -0.05) is 45.8 Å². The average molecular weight is 437 g/mol. The van der Waals surface area contributed by atoms with Crippen molar-refractivity contribution in [2.75, 3.05) is 0 Å². The summed E-state index contributed by atoms with van der Waals surface area (Å²) in [6, 6.07) is 2.05. The summed E-state index contributed by atoms with van der Waals surface area (Å²) < 4.78 is 18.3. The van der Waals surface area contributed by atoms with Gasteiger partial charge in [-0.2, -0.15) is 0 Å². The fourth-order valence-electron chi connectivity index (χ4n) is 8.81. The second-order valence-electron chi connectivity index (χ2n) is 11.0. The normalized spacial score (nSPS) is 48.7. The Bertz CT molecular complexity index is 1070. The molecule has 0 bridgehead atoms. The standard InChI is InChI=1S/C27H32O5/c1-6-15-16(14-9-11-30-13-14)12-17-20(15)27(5)18(7-2)26(4)19(28)8-10-25(3)22(26)21(23(27)31-17)32-24(25)29/h8-11,13,16-18,21-23H,6-7,12H2,1-5H3/t16-,17+,18+,21+,22-,23+,25+,26-,27+/m0/s1. The zero-order valence-electron chi connectivity index (χ0n) is 19.5. The first-order chi connectivity index (χ1) is 15.2. The number of carbonyl (C=O) groups is 2. The molecule has 5 nitrogen and oxygen atoms in total. The third kappa shape index (κ3) is 2.06. The van der Waals surface area contributed by atoms with Gasteiger partial charge in [0.1, 0.15) is 12.2 Å². The van der Waals surface area contributed by atoms with Gasteiger partial charge in [0.05, 0.1) is 24.0 Å². The molecule has 3 fully saturated rings. The molecule has 1 aromatic rings. The van der Waals surface area contributed by atoms with Crippen LogP contribution in [0, 0.1) is 28.1 Å². The average Bonchev–Trinajstić information content (AvgIpc) is 3.50. The molecule has 0 aromatic carbocycles. The molecule has 0 radical (unpaired) electrons. The summed E-state index contributed by atoms with van der Waals surface area (Å²) in [5.74, 6) is 0.0526. The van der Waals surface area contributed by atoms with Crippen LogP contribution in [0.2, 0.25) is 0 Å². The molecule has 3 aliphatic carbocycles. The lowest BCUT2D eigenvalue weighted by Crippen LogP contribution is -2.65. The number of fused-ring (bicyclic) bond motifs is 4. The van der Waals surface area contributed by atoms with Gasteiger partial charge < -0.3 is 13.9 Å². The SMILES string of the molecule is CCC1=C2[C@@H](C[C@H]1c1ccoc1)O[C@@H]1[C@@H]3OC(=O)[C@]4(C)C=CC(=O)[C@](C)([C@@H](CC)[C@]21C)[C@@H]34. The first kappa shape index (κ1) is 20.5. The van der Waals surface area contributed by atoms with Crippen molar-refractivity contribution in [3.63, 3.8) is 0 Å². The first-order valence-electron chi connectivity index (χ1n) is 12.1. The van der Waals surface area contributed by atoms with Crippen LogP contribution in [-0.4, -0.2) is 30.1 Å². The van der Waals surface area contributed by atoms with Crippen LogP contribution in [0.4, 0.5) is 0 Å². The molecule has 9 atom stereocenters. The van der Waals surface area contributed by atoms with Gasteiger partial charge in [-0.25, -0.2) is 0 Å². The quantitative estimate of drug-likeness (QED) is 0.494. The molecule has 0 spiro atoms. The van der Waals surface area contributed by atoms with Crippen LogP contribution in [0.15, 0.2) is 46.3 Å². The van der Waals surface area contributed by atoms with Crippen molar-refractivity contribution in [2.45, 2.75) is 78.1 Å². The maximum Gasteiger partial charge on any atom is 0.316 e. The molecule has 32 heavy (non-hydrogen) atoms. The molecule has 2 aliphatic heterocycles. The Morgan fingerprint density at radius 2 is 1.91 bits per heavy atom. The second-order valence-corrected chi connectivity index (χ2v) is 11.0. The molecule has 5 heteroatoms. The second kappa shape index (κ2) is 6.25. The Kier molecular flexibility index (Phi) is 4.00. The number of hydrogen-bond donors (Lipinski definition) is 0. The summed E-state index contributed by atoms with van der Waals surface area (Å²) in [6.07, 6.45) is 9.06. The van der Waals surface area contributed by atoms with Gasteiger partial charge in [-0.15, -0.1) is 0 Å². The van der Waals surface area contributed by atoms with Gasteiger partial charge in [0, 0.05) is 22.7 Å². The third-order valence-electron chi connectivity index (χ3n) is 9.92. The molecule has 3 heterocycles. The number of furan rings is 1. The fraction of sp³-hybridized carbons (Fsp3) is 0.630. The molecule has 2 saturated heterocycles. The van der Waals surface area contributed by atoms with Gasteiger partial charge in [0.15, 0.2) is 5.78 Å². The van der Waals surface area contributed by atoms with Crippen molar-refractivity contribution in [1.82, 2.24) is 0 Å². The van der Waals surface area contributed by atoms with Gasteiger partial charge in [-0.05, 0) is 49.0 Å². The first-order valence-corrected chi connectivity index (χ1v) is 12.1. The predicted molar refractivity (Wildman–Crippen MR) is 118 cm³/mol. The zero-order chi connectivity index (χ0) is 22.6. The number of allylic oxidation sites excluding steroid dienone is 2. The van der Waals surface area contributed by atoms with Gasteiger partial charge in [0.2, 0.25) is 0 Å². The van der Waals surface area contributed by atoms with Gasteiger partial charge in [-0.3, -0.25) is 9.59 Å². The van der Waals surface area contributed by atoms with E-state index < -0.39 is 16.9 Å². The molecular weight excluding hydrogens is 404 g/mol. The lowest BCUT2D eigenvalue weighted by atomic mass is 9.42. The summed E-state index contributed by atoms with van der Waals surface area (Å²) >= 11 is 0. The van der Waals surface area contributed by atoms with E-state index >= 15 is 0 Å². The Balaban J connectivity index is 1.58. The predicted octanol–water partition coefficient (Wildman–Crippen LogP) is 4.98. The molecule has 0 N–H and O–H groups in total. The summed E-state index contributed by atoms with van der Waals surface area (Å²) in [4.78, 5) is 26.7. The highest BCUT2D eigenvalue weighted by Gasteiger charge is 2.77. The minimum Gasteiger partial charge on any atom is -0.472 e. The van der Waals surface area contributed by atoms with Crippen LogP contribution < -0.4 is 0 Å².